The normalized spacial score (nSPS) is 15.8. The number of amides is 1. The Morgan fingerprint density at radius 2 is 1.83 bits per heavy atom. The summed E-state index contributed by atoms with van der Waals surface area (Å²) in [7, 11) is 0. The smallest absolute Gasteiger partial charge is 0.416 e. The van der Waals surface area contributed by atoms with Crippen molar-refractivity contribution >= 4 is 40.9 Å². The number of fused-ring (bicyclic) bond motifs is 1. The number of hydrogen-bond acceptors (Lipinski definition) is 10. The van der Waals surface area contributed by atoms with Crippen LogP contribution in [-0.4, -0.2) is 91.3 Å². The lowest BCUT2D eigenvalue weighted by molar-refractivity contribution is -0.137. The molecule has 1 saturated heterocycles. The molecule has 0 saturated carbocycles. The highest BCUT2D eigenvalue weighted by Crippen LogP contribution is 2.34. The van der Waals surface area contributed by atoms with Gasteiger partial charge in [-0.2, -0.15) is 22.7 Å². The number of benzene rings is 1. The first-order chi connectivity index (χ1) is 22.0. The van der Waals surface area contributed by atoms with Crippen LogP contribution in [0.2, 0.25) is 5.02 Å². The van der Waals surface area contributed by atoms with Crippen LogP contribution in [0.4, 0.5) is 29.3 Å². The summed E-state index contributed by atoms with van der Waals surface area (Å²) in [5.41, 5.74) is -1.23. The molecular formula is C30H39ClF3N7O6. The van der Waals surface area contributed by atoms with E-state index in [-0.39, 0.29) is 48.6 Å². The van der Waals surface area contributed by atoms with Gasteiger partial charge in [-0.15, -0.1) is 5.10 Å². The van der Waals surface area contributed by atoms with E-state index >= 15 is 0 Å². The maximum absolute atomic E-state index is 14.0. The Morgan fingerprint density at radius 1 is 1.15 bits per heavy atom. The van der Waals surface area contributed by atoms with Crippen LogP contribution in [0.15, 0.2) is 29.1 Å². The summed E-state index contributed by atoms with van der Waals surface area (Å²) in [6.07, 6.45) is -4.65. The van der Waals surface area contributed by atoms with Gasteiger partial charge in [0.1, 0.15) is 17.5 Å². The van der Waals surface area contributed by atoms with Crippen LogP contribution >= 0.6 is 11.6 Å². The number of ether oxygens (including phenoxy) is 2. The van der Waals surface area contributed by atoms with Gasteiger partial charge in [-0.1, -0.05) is 18.5 Å². The molecule has 0 bridgehead atoms. The van der Waals surface area contributed by atoms with Crippen molar-refractivity contribution in [3.8, 4) is 0 Å². The monoisotopic (exact) mass is 685 g/mol. The Labute approximate surface area is 274 Å². The quantitative estimate of drug-likeness (QED) is 0.268. The molecule has 0 radical (unpaired) electrons. The van der Waals surface area contributed by atoms with Crippen molar-refractivity contribution in [2.45, 2.75) is 71.9 Å². The van der Waals surface area contributed by atoms with Crippen LogP contribution in [-0.2, 0) is 28.6 Å². The molecule has 1 aliphatic rings. The third-order valence-corrected chi connectivity index (χ3v) is 7.46. The third-order valence-electron chi connectivity index (χ3n) is 7.15. The molecule has 0 spiro atoms. The van der Waals surface area contributed by atoms with Gasteiger partial charge in [0.15, 0.2) is 12.1 Å². The second kappa shape index (κ2) is 14.5. The molecule has 2 atom stereocenters. The number of aliphatic hydroxyl groups excluding tert-OH is 2. The van der Waals surface area contributed by atoms with E-state index in [2.05, 4.69) is 15.4 Å². The van der Waals surface area contributed by atoms with Gasteiger partial charge in [-0.25, -0.2) is 4.79 Å². The molecule has 3 N–H and O–H groups in total. The molecule has 3 aromatic rings. The van der Waals surface area contributed by atoms with Gasteiger partial charge >= 0.3 is 12.3 Å². The summed E-state index contributed by atoms with van der Waals surface area (Å²) >= 11 is 6.11. The van der Waals surface area contributed by atoms with E-state index < -0.39 is 41.5 Å². The number of aromatic nitrogens is 4. The SMILES string of the molecule is CCOC(O)/C=C/c1nc2n(CC(O)Nc3ccc(C(F)(F)F)cc3Cl)c(CC)c(N3CCN(C(=O)OC(C)(C)C)CC3)c(=O)n2n1. The molecule has 3 heterocycles. The van der Waals surface area contributed by atoms with E-state index in [4.69, 9.17) is 21.1 Å². The topological polar surface area (TPSA) is 147 Å². The average Bonchev–Trinajstić information content (AvgIpc) is 3.42. The van der Waals surface area contributed by atoms with Gasteiger partial charge in [0, 0.05) is 38.5 Å². The van der Waals surface area contributed by atoms with Crippen molar-refractivity contribution in [3.05, 3.63) is 56.7 Å². The van der Waals surface area contributed by atoms with Gasteiger partial charge in [0.05, 0.1) is 22.8 Å². The minimum atomic E-state index is -4.59. The number of rotatable bonds is 10. The van der Waals surface area contributed by atoms with Crippen LogP contribution in [0.1, 0.15) is 51.7 Å². The molecule has 1 aliphatic heterocycles. The highest BCUT2D eigenvalue weighted by atomic mass is 35.5. The molecule has 1 aromatic carbocycles. The van der Waals surface area contributed by atoms with Crippen molar-refractivity contribution < 1.29 is 37.7 Å². The Kier molecular flexibility index (Phi) is 11.1. The molecule has 0 aliphatic carbocycles. The maximum atomic E-state index is 14.0. The van der Waals surface area contributed by atoms with Crippen molar-refractivity contribution in [2.75, 3.05) is 43.0 Å². The molecule has 2 unspecified atom stereocenters. The zero-order chi connectivity index (χ0) is 34.7. The fourth-order valence-electron chi connectivity index (χ4n) is 5.08. The number of carbonyl (C=O) groups is 1. The lowest BCUT2D eigenvalue weighted by Crippen LogP contribution is -2.51. The first-order valence-electron chi connectivity index (χ1n) is 15.1. The summed E-state index contributed by atoms with van der Waals surface area (Å²) in [5, 5.41) is 27.9. The zero-order valence-electron chi connectivity index (χ0n) is 26.7. The van der Waals surface area contributed by atoms with Crippen molar-refractivity contribution in [1.29, 1.82) is 0 Å². The number of halogens is 4. The molecule has 258 valence electrons. The summed E-state index contributed by atoms with van der Waals surface area (Å²) in [6.45, 7) is 10.1. The van der Waals surface area contributed by atoms with Crippen molar-refractivity contribution in [2.24, 2.45) is 0 Å². The standard InChI is InChI=1S/C30H39ClF3N7O6/c1-6-21-25(38-12-14-39(15-13-38)28(45)47-29(3,4)5)26(44)41-27(36-22(37-41)10-11-24(43)46-7-2)40(21)17-23(42)35-20-9-8-18(16-19(20)31)30(32,33)34/h8-11,16,23-24,35,42-43H,6-7,12-15,17H2,1-5H3/b11-10+. The van der Waals surface area contributed by atoms with E-state index in [0.29, 0.717) is 30.9 Å². The highest BCUT2D eigenvalue weighted by Gasteiger charge is 2.32. The Morgan fingerprint density at radius 3 is 2.40 bits per heavy atom. The third kappa shape index (κ3) is 8.74. The second-order valence-electron chi connectivity index (χ2n) is 11.8. The molecule has 13 nitrogen and oxygen atoms in total. The molecular weight excluding hydrogens is 647 g/mol. The molecule has 4 rings (SSSR count). The lowest BCUT2D eigenvalue weighted by atomic mass is 10.2. The summed E-state index contributed by atoms with van der Waals surface area (Å²) in [6, 6.07) is 2.72. The van der Waals surface area contributed by atoms with Gasteiger partial charge in [-0.05, 0) is 64.5 Å². The van der Waals surface area contributed by atoms with Crippen LogP contribution < -0.4 is 15.8 Å². The molecule has 47 heavy (non-hydrogen) atoms. The van der Waals surface area contributed by atoms with Crippen LogP contribution in [0.3, 0.4) is 0 Å². The number of alkyl halides is 3. The predicted molar refractivity (Wildman–Crippen MR) is 169 cm³/mol. The van der Waals surface area contributed by atoms with E-state index in [1.165, 1.54) is 12.2 Å². The number of nitrogens with zero attached hydrogens (tertiary/aromatic N) is 6. The number of hydrogen-bond donors (Lipinski definition) is 3. The first-order valence-corrected chi connectivity index (χ1v) is 15.4. The van der Waals surface area contributed by atoms with Crippen molar-refractivity contribution in [1.82, 2.24) is 24.1 Å². The highest BCUT2D eigenvalue weighted by molar-refractivity contribution is 6.33. The molecule has 1 amide bonds. The number of aliphatic hydroxyl groups is 2. The van der Waals surface area contributed by atoms with Crippen molar-refractivity contribution in [3.63, 3.8) is 0 Å². The van der Waals surface area contributed by atoms with E-state index in [1.807, 2.05) is 11.8 Å². The summed E-state index contributed by atoms with van der Waals surface area (Å²) in [4.78, 5) is 34.5. The van der Waals surface area contributed by atoms with Gasteiger partial charge in [0.2, 0.25) is 5.78 Å². The fourth-order valence-corrected chi connectivity index (χ4v) is 5.32. The molecule has 1 fully saturated rings. The number of carbonyl (C=O) groups excluding carboxylic acids is 1. The number of nitrogens with one attached hydrogen (secondary N) is 1. The van der Waals surface area contributed by atoms with E-state index in [0.717, 1.165) is 22.7 Å². The van der Waals surface area contributed by atoms with Crippen LogP contribution in [0.25, 0.3) is 11.9 Å². The van der Waals surface area contributed by atoms with E-state index in [9.17, 15) is 33.0 Å². The number of piperazine rings is 1. The lowest BCUT2D eigenvalue weighted by Gasteiger charge is -2.37. The largest absolute Gasteiger partial charge is 0.444 e. The minimum absolute atomic E-state index is 0.0655. The van der Waals surface area contributed by atoms with Gasteiger partial charge in [-0.3, -0.25) is 4.79 Å². The maximum Gasteiger partial charge on any atom is 0.416 e. The van der Waals surface area contributed by atoms with Crippen LogP contribution in [0, 0.1) is 0 Å². The Hall–Kier alpha value is -3.86. The first kappa shape index (κ1) is 36.0. The summed E-state index contributed by atoms with van der Waals surface area (Å²) < 4.78 is 52.7. The van der Waals surface area contributed by atoms with E-state index in [1.54, 1.807) is 37.2 Å². The second-order valence-corrected chi connectivity index (χ2v) is 12.2. The predicted octanol–water partition coefficient (Wildman–Crippen LogP) is 3.98. The minimum Gasteiger partial charge on any atom is -0.444 e. The zero-order valence-corrected chi connectivity index (χ0v) is 27.5. The van der Waals surface area contributed by atoms with Crippen LogP contribution in [0.5, 0.6) is 0 Å². The molecule has 17 heteroatoms. The Bertz CT molecular complexity index is 1660. The average molecular weight is 686 g/mol. The number of anilines is 2. The van der Waals surface area contributed by atoms with Gasteiger partial charge < -0.3 is 39.4 Å². The Balaban J connectivity index is 1.72. The summed E-state index contributed by atoms with van der Waals surface area (Å²) in [5.74, 6) is 0.157. The fraction of sp³-hybridized carbons (Fsp3) is 0.533. The molecule has 2 aromatic heterocycles. The van der Waals surface area contributed by atoms with Gasteiger partial charge in [0.25, 0.3) is 5.56 Å².